The van der Waals surface area contributed by atoms with Crippen LogP contribution in [-0.4, -0.2) is 14.2 Å². The van der Waals surface area contributed by atoms with Crippen LogP contribution in [0.5, 0.6) is 11.5 Å². The third-order valence-electron chi connectivity index (χ3n) is 4.39. The molecule has 26 heavy (non-hydrogen) atoms. The summed E-state index contributed by atoms with van der Waals surface area (Å²) in [5.74, 6) is 1.13. The lowest BCUT2D eigenvalue weighted by Gasteiger charge is -2.15. The minimum absolute atomic E-state index is 0.377. The molecule has 0 radical (unpaired) electrons. The Bertz CT molecular complexity index is 1030. The van der Waals surface area contributed by atoms with Gasteiger partial charge in [-0.25, -0.2) is 4.79 Å². The van der Waals surface area contributed by atoms with E-state index >= 15 is 0 Å². The number of nitrogens with one attached hydrogen (secondary N) is 1. The van der Waals surface area contributed by atoms with E-state index in [1.165, 1.54) is 6.07 Å². The summed E-state index contributed by atoms with van der Waals surface area (Å²) in [6.45, 7) is 4.44. The molecule has 0 saturated carbocycles. The molecule has 0 aliphatic rings. The first kappa shape index (κ1) is 18.1. The maximum Gasteiger partial charge on any atom is 0.336 e. The molecular formula is C20H20ClNO4. The largest absolute Gasteiger partial charge is 0.495 e. The van der Waals surface area contributed by atoms with Gasteiger partial charge in [0.05, 0.1) is 24.9 Å². The van der Waals surface area contributed by atoms with E-state index in [1.54, 1.807) is 26.4 Å². The van der Waals surface area contributed by atoms with Crippen molar-refractivity contribution in [3.63, 3.8) is 0 Å². The van der Waals surface area contributed by atoms with Crippen LogP contribution >= 0.6 is 11.6 Å². The van der Waals surface area contributed by atoms with Gasteiger partial charge in [0.15, 0.2) is 0 Å². The summed E-state index contributed by atoms with van der Waals surface area (Å²) in [6.07, 6.45) is 0. The van der Waals surface area contributed by atoms with Gasteiger partial charge in [-0.15, -0.1) is 0 Å². The second-order valence-corrected chi connectivity index (χ2v) is 6.47. The van der Waals surface area contributed by atoms with Crippen LogP contribution in [0.4, 0.5) is 5.69 Å². The number of hydrogen-bond donors (Lipinski definition) is 1. The van der Waals surface area contributed by atoms with Gasteiger partial charge in [0.1, 0.15) is 17.1 Å². The maximum atomic E-state index is 11.9. The predicted molar refractivity (Wildman–Crippen MR) is 104 cm³/mol. The van der Waals surface area contributed by atoms with Gasteiger partial charge in [0.25, 0.3) is 0 Å². The molecule has 1 aromatic heterocycles. The van der Waals surface area contributed by atoms with Crippen molar-refractivity contribution in [3.8, 4) is 11.5 Å². The van der Waals surface area contributed by atoms with Crippen molar-refractivity contribution in [3.05, 3.63) is 62.5 Å². The van der Waals surface area contributed by atoms with Crippen LogP contribution in [0, 0.1) is 13.8 Å². The zero-order chi connectivity index (χ0) is 18.8. The molecule has 0 saturated heterocycles. The summed E-state index contributed by atoms with van der Waals surface area (Å²) >= 11 is 6.14. The molecule has 0 fully saturated rings. The molecule has 0 unspecified atom stereocenters. The molecule has 1 N–H and O–H groups in total. The lowest BCUT2D eigenvalue weighted by atomic mass is 10.0. The highest BCUT2D eigenvalue weighted by Crippen LogP contribution is 2.36. The van der Waals surface area contributed by atoms with E-state index < -0.39 is 0 Å². The molecule has 0 bridgehead atoms. The van der Waals surface area contributed by atoms with Crippen molar-refractivity contribution in [2.75, 3.05) is 19.5 Å². The van der Waals surface area contributed by atoms with E-state index in [9.17, 15) is 4.79 Å². The Hall–Kier alpha value is -2.66. The number of aryl methyl sites for hydroxylation is 2. The molecule has 1 heterocycles. The molecule has 0 atom stereocenters. The lowest BCUT2D eigenvalue weighted by molar-refractivity contribution is 0.404. The Balaban J connectivity index is 2.00. The average molecular weight is 374 g/mol. The van der Waals surface area contributed by atoms with Gasteiger partial charge in [-0.3, -0.25) is 0 Å². The zero-order valence-electron chi connectivity index (χ0n) is 15.1. The Morgan fingerprint density at radius 3 is 2.38 bits per heavy atom. The van der Waals surface area contributed by atoms with Crippen molar-refractivity contribution in [1.82, 2.24) is 0 Å². The summed E-state index contributed by atoms with van der Waals surface area (Å²) in [5, 5.41) is 4.66. The summed E-state index contributed by atoms with van der Waals surface area (Å²) < 4.78 is 16.0. The van der Waals surface area contributed by atoms with Crippen LogP contribution in [0.1, 0.15) is 16.7 Å². The molecule has 3 rings (SSSR count). The topological polar surface area (TPSA) is 60.7 Å². The lowest BCUT2D eigenvalue weighted by Crippen LogP contribution is -2.07. The van der Waals surface area contributed by atoms with Crippen molar-refractivity contribution < 1.29 is 13.9 Å². The van der Waals surface area contributed by atoms with E-state index in [1.807, 2.05) is 26.0 Å². The van der Waals surface area contributed by atoms with Crippen molar-refractivity contribution in [1.29, 1.82) is 0 Å². The molecule has 2 aromatic carbocycles. The van der Waals surface area contributed by atoms with Crippen LogP contribution in [0.25, 0.3) is 11.0 Å². The molecule has 0 aliphatic heterocycles. The monoisotopic (exact) mass is 373 g/mol. The third-order valence-corrected chi connectivity index (χ3v) is 4.68. The normalized spacial score (nSPS) is 10.8. The average Bonchev–Trinajstić information content (AvgIpc) is 2.61. The summed E-state index contributed by atoms with van der Waals surface area (Å²) in [5.41, 5.74) is 3.98. The summed E-state index contributed by atoms with van der Waals surface area (Å²) in [4.78, 5) is 11.9. The number of methoxy groups -OCH3 is 2. The zero-order valence-corrected chi connectivity index (χ0v) is 15.9. The van der Waals surface area contributed by atoms with E-state index in [2.05, 4.69) is 5.32 Å². The minimum Gasteiger partial charge on any atom is -0.495 e. The number of rotatable bonds is 5. The Kier molecular flexibility index (Phi) is 5.09. The maximum absolute atomic E-state index is 11.9. The van der Waals surface area contributed by atoms with Gasteiger partial charge in [0, 0.05) is 30.1 Å². The number of halogens is 1. The standard InChI is InChI=1S/C20H20ClNO4/c1-11-5-14-13(7-20(23)26-17(14)6-12(11)2)10-22-16-9-18(24-3)15(21)8-19(16)25-4/h5-9,22H,10H2,1-4H3. The number of hydrogen-bond acceptors (Lipinski definition) is 5. The van der Waals surface area contributed by atoms with Crippen molar-refractivity contribution in [2.45, 2.75) is 20.4 Å². The van der Waals surface area contributed by atoms with E-state index in [0.717, 1.165) is 27.8 Å². The molecule has 6 heteroatoms. The molecule has 0 spiro atoms. The van der Waals surface area contributed by atoms with Crippen LogP contribution in [0.3, 0.4) is 0 Å². The molecule has 136 valence electrons. The Morgan fingerprint density at radius 2 is 1.69 bits per heavy atom. The quantitative estimate of drug-likeness (QED) is 0.657. The highest BCUT2D eigenvalue weighted by atomic mass is 35.5. The highest BCUT2D eigenvalue weighted by molar-refractivity contribution is 6.32. The molecule has 0 amide bonds. The van der Waals surface area contributed by atoms with Gasteiger partial charge in [-0.2, -0.15) is 0 Å². The summed E-state index contributed by atoms with van der Waals surface area (Å²) in [7, 11) is 3.13. The van der Waals surface area contributed by atoms with Crippen molar-refractivity contribution >= 4 is 28.3 Å². The first-order valence-electron chi connectivity index (χ1n) is 8.12. The second kappa shape index (κ2) is 7.30. The number of fused-ring (bicyclic) bond motifs is 1. The van der Waals surface area contributed by atoms with Crippen LogP contribution < -0.4 is 20.4 Å². The molecule has 0 aliphatic carbocycles. The molecular weight excluding hydrogens is 354 g/mol. The van der Waals surface area contributed by atoms with E-state index in [0.29, 0.717) is 28.6 Å². The molecule has 5 nitrogen and oxygen atoms in total. The predicted octanol–water partition coefficient (Wildman–Crippen LogP) is 4.69. The SMILES string of the molecule is COc1cc(NCc2cc(=O)oc3cc(C)c(C)cc23)c(OC)cc1Cl. The van der Waals surface area contributed by atoms with Crippen LogP contribution in [0.15, 0.2) is 39.5 Å². The number of benzene rings is 2. The van der Waals surface area contributed by atoms with Gasteiger partial charge in [0.2, 0.25) is 0 Å². The van der Waals surface area contributed by atoms with Crippen LogP contribution in [-0.2, 0) is 6.54 Å². The van der Waals surface area contributed by atoms with Gasteiger partial charge < -0.3 is 19.2 Å². The van der Waals surface area contributed by atoms with Gasteiger partial charge >= 0.3 is 5.63 Å². The Morgan fingerprint density at radius 1 is 1.00 bits per heavy atom. The number of anilines is 1. The fourth-order valence-electron chi connectivity index (χ4n) is 2.82. The minimum atomic E-state index is -0.377. The summed E-state index contributed by atoms with van der Waals surface area (Å²) in [6, 6.07) is 8.88. The van der Waals surface area contributed by atoms with E-state index in [-0.39, 0.29) is 5.63 Å². The fraction of sp³-hybridized carbons (Fsp3) is 0.250. The van der Waals surface area contributed by atoms with Crippen molar-refractivity contribution in [2.24, 2.45) is 0 Å². The van der Waals surface area contributed by atoms with Crippen LogP contribution in [0.2, 0.25) is 5.02 Å². The third kappa shape index (κ3) is 3.48. The fourth-order valence-corrected chi connectivity index (χ4v) is 3.05. The second-order valence-electron chi connectivity index (χ2n) is 6.06. The van der Waals surface area contributed by atoms with Gasteiger partial charge in [-0.1, -0.05) is 11.6 Å². The first-order valence-corrected chi connectivity index (χ1v) is 8.50. The van der Waals surface area contributed by atoms with E-state index in [4.69, 9.17) is 25.5 Å². The first-order chi connectivity index (χ1) is 12.4. The van der Waals surface area contributed by atoms with Gasteiger partial charge in [-0.05, 0) is 42.7 Å². The molecule has 3 aromatic rings. The highest BCUT2D eigenvalue weighted by Gasteiger charge is 2.12. The smallest absolute Gasteiger partial charge is 0.336 e. The number of ether oxygens (including phenoxy) is 2. The Labute approximate surface area is 156 Å².